The highest BCUT2D eigenvalue weighted by molar-refractivity contribution is 6.31. The van der Waals surface area contributed by atoms with Crippen molar-refractivity contribution in [2.45, 2.75) is 37.8 Å². The molecule has 188 valence electrons. The zero-order valence-corrected chi connectivity index (χ0v) is 19.9. The van der Waals surface area contributed by atoms with Gasteiger partial charge in [0.15, 0.2) is 24.1 Å². The number of fused-ring (bicyclic) bond motifs is 1. The fraction of sp³-hybridized carbons (Fsp3) is 0.360. The van der Waals surface area contributed by atoms with E-state index in [1.165, 1.54) is 35.4 Å². The van der Waals surface area contributed by atoms with Gasteiger partial charge in [0.2, 0.25) is 11.7 Å². The first-order valence-electron chi connectivity index (χ1n) is 11.6. The van der Waals surface area contributed by atoms with Crippen LogP contribution in [0.15, 0.2) is 30.5 Å². The van der Waals surface area contributed by atoms with Crippen LogP contribution in [0, 0.1) is 11.6 Å². The van der Waals surface area contributed by atoms with Crippen molar-refractivity contribution in [3.8, 4) is 0 Å². The van der Waals surface area contributed by atoms with Crippen molar-refractivity contribution in [1.29, 1.82) is 0 Å². The number of ketones is 1. The highest BCUT2D eigenvalue weighted by Gasteiger charge is 2.44. The first-order valence-corrected chi connectivity index (χ1v) is 12.0. The van der Waals surface area contributed by atoms with Gasteiger partial charge in [-0.15, -0.1) is 0 Å². The van der Waals surface area contributed by atoms with E-state index in [-0.39, 0.29) is 40.1 Å². The highest BCUT2D eigenvalue weighted by atomic mass is 35.5. The third kappa shape index (κ3) is 4.19. The molecule has 1 aromatic carbocycles. The minimum absolute atomic E-state index is 0.0871. The summed E-state index contributed by atoms with van der Waals surface area (Å²) in [6.07, 6.45) is 4.61. The molecule has 36 heavy (non-hydrogen) atoms. The Labute approximate surface area is 210 Å². The van der Waals surface area contributed by atoms with Crippen LogP contribution >= 0.6 is 11.6 Å². The Hall–Kier alpha value is -3.53. The number of carbonyl (C=O) groups is 3. The number of benzene rings is 1. The smallest absolute Gasteiger partial charge is 0.329 e. The largest absolute Gasteiger partial charge is 0.456 e. The molecule has 5 rings (SSSR count). The molecule has 1 amide bonds. The van der Waals surface area contributed by atoms with Gasteiger partial charge in [0.05, 0.1) is 10.6 Å². The molecular weight excluding hydrogens is 494 g/mol. The zero-order valence-electron chi connectivity index (χ0n) is 19.2. The Balaban J connectivity index is 1.27. The Bertz CT molecular complexity index is 1300. The number of nitrogen functional groups attached to an aromatic ring is 1. The number of hydrogen-bond donors (Lipinski definition) is 1. The summed E-state index contributed by atoms with van der Waals surface area (Å²) < 4.78 is 34.6. The number of nitrogens with two attached hydrogens (primary N) is 1. The van der Waals surface area contributed by atoms with Crippen molar-refractivity contribution < 1.29 is 27.9 Å². The van der Waals surface area contributed by atoms with E-state index in [2.05, 4.69) is 4.98 Å². The molecule has 2 saturated heterocycles. The molecule has 3 aliphatic heterocycles. The molecule has 8 nitrogen and oxygen atoms in total. The predicted molar refractivity (Wildman–Crippen MR) is 128 cm³/mol. The van der Waals surface area contributed by atoms with Crippen LogP contribution in [-0.2, 0) is 14.3 Å². The first-order chi connectivity index (χ1) is 17.3. The third-order valence-corrected chi connectivity index (χ3v) is 7.19. The van der Waals surface area contributed by atoms with Crippen LogP contribution in [0.25, 0.3) is 5.57 Å². The number of nitrogens with zero attached hydrogens (tertiary/aromatic N) is 3. The van der Waals surface area contributed by atoms with Gasteiger partial charge in [-0.05, 0) is 49.5 Å². The van der Waals surface area contributed by atoms with Gasteiger partial charge in [-0.3, -0.25) is 9.59 Å². The number of anilines is 2. The Kier molecular flexibility index (Phi) is 6.38. The lowest BCUT2D eigenvalue weighted by Gasteiger charge is -2.33. The lowest BCUT2D eigenvalue weighted by atomic mass is 9.92. The normalized spacial score (nSPS) is 21.1. The number of rotatable bonds is 6. The fourth-order valence-corrected chi connectivity index (χ4v) is 5.12. The lowest BCUT2D eigenvalue weighted by Crippen LogP contribution is -2.47. The topological polar surface area (TPSA) is 106 Å². The van der Waals surface area contributed by atoms with Gasteiger partial charge in [-0.1, -0.05) is 11.6 Å². The molecule has 0 aliphatic carbocycles. The van der Waals surface area contributed by atoms with E-state index in [4.69, 9.17) is 22.1 Å². The minimum atomic E-state index is -0.895. The second-order valence-electron chi connectivity index (χ2n) is 9.06. The van der Waals surface area contributed by atoms with Gasteiger partial charge in [-0.25, -0.2) is 18.6 Å². The number of pyridine rings is 1. The second kappa shape index (κ2) is 9.50. The van der Waals surface area contributed by atoms with Crippen LogP contribution in [0.3, 0.4) is 0 Å². The lowest BCUT2D eigenvalue weighted by molar-refractivity contribution is -0.152. The maximum absolute atomic E-state index is 14.8. The van der Waals surface area contributed by atoms with Gasteiger partial charge >= 0.3 is 5.97 Å². The highest BCUT2D eigenvalue weighted by Crippen LogP contribution is 2.40. The summed E-state index contributed by atoms with van der Waals surface area (Å²) in [5.74, 6) is -3.26. The Morgan fingerprint density at radius 3 is 2.67 bits per heavy atom. The summed E-state index contributed by atoms with van der Waals surface area (Å²) >= 11 is 5.89. The van der Waals surface area contributed by atoms with Gasteiger partial charge < -0.3 is 20.3 Å². The molecule has 2 unspecified atom stereocenters. The van der Waals surface area contributed by atoms with Crippen molar-refractivity contribution in [3.05, 3.63) is 58.3 Å². The van der Waals surface area contributed by atoms with Gasteiger partial charge in [0, 0.05) is 42.7 Å². The predicted octanol–water partition coefficient (Wildman–Crippen LogP) is 3.38. The average Bonchev–Trinajstić information content (AvgIpc) is 3.25. The van der Waals surface area contributed by atoms with Gasteiger partial charge in [0.25, 0.3) is 0 Å². The number of amides is 1. The van der Waals surface area contributed by atoms with Crippen molar-refractivity contribution in [1.82, 2.24) is 9.88 Å². The monoisotopic (exact) mass is 516 g/mol. The molecule has 0 spiro atoms. The Morgan fingerprint density at radius 1 is 1.17 bits per heavy atom. The van der Waals surface area contributed by atoms with E-state index < -0.39 is 41.9 Å². The number of hydrogen-bond acceptors (Lipinski definition) is 7. The number of Topliss-reactive ketones (excluding diaryl/α,β-unsaturated/α-hetero) is 1. The molecule has 2 aromatic rings. The van der Waals surface area contributed by atoms with E-state index in [0.717, 1.165) is 6.42 Å². The van der Waals surface area contributed by atoms with Crippen molar-refractivity contribution in [2.75, 3.05) is 30.3 Å². The standard InChI is InChI=1S/C25H23ClF2N4O4/c26-16-3-4-17(29)21(23(16)28)13-10-14-2-5-18(32(14)20(34)11-13)25(35)36-12-19(33)15-6-7-30-24(22(15)27)31-8-1-9-31/h3-4,6-7,11,14,18H,1-2,5,8-10,12,29H2. The van der Waals surface area contributed by atoms with Crippen molar-refractivity contribution in [2.24, 2.45) is 0 Å². The van der Waals surface area contributed by atoms with E-state index in [1.807, 2.05) is 0 Å². The summed E-state index contributed by atoms with van der Waals surface area (Å²) in [6, 6.07) is 2.82. The first kappa shape index (κ1) is 24.2. The van der Waals surface area contributed by atoms with E-state index in [9.17, 15) is 23.2 Å². The van der Waals surface area contributed by atoms with Crippen LogP contribution < -0.4 is 10.6 Å². The SMILES string of the molecule is Nc1ccc(Cl)c(F)c1C1=CC(=O)N2C(CCC2C(=O)OCC(=O)c2ccnc(N3CCC3)c2F)C1. The molecule has 4 heterocycles. The number of halogens is 3. The molecule has 2 atom stereocenters. The van der Waals surface area contributed by atoms with Gasteiger partial charge in [0.1, 0.15) is 6.04 Å². The second-order valence-corrected chi connectivity index (χ2v) is 9.47. The maximum Gasteiger partial charge on any atom is 0.329 e. The molecule has 0 radical (unpaired) electrons. The van der Waals surface area contributed by atoms with Crippen LogP contribution in [-0.4, -0.2) is 59.3 Å². The zero-order chi connectivity index (χ0) is 25.6. The molecule has 1 aromatic heterocycles. The molecule has 0 saturated carbocycles. The minimum Gasteiger partial charge on any atom is -0.456 e. The quantitative estimate of drug-likeness (QED) is 0.356. The summed E-state index contributed by atoms with van der Waals surface area (Å²) in [5.41, 5.74) is 6.40. The van der Waals surface area contributed by atoms with Gasteiger partial charge in [-0.2, -0.15) is 0 Å². The summed E-state index contributed by atoms with van der Waals surface area (Å²) in [5, 5.41) is -0.102. The molecule has 11 heteroatoms. The molecule has 2 N–H and O–H groups in total. The van der Waals surface area contributed by atoms with Crippen molar-refractivity contribution in [3.63, 3.8) is 0 Å². The third-order valence-electron chi connectivity index (χ3n) is 6.90. The molecule has 3 aliphatic rings. The number of aromatic nitrogens is 1. The van der Waals surface area contributed by atoms with Crippen molar-refractivity contribution >= 4 is 46.3 Å². The Morgan fingerprint density at radius 2 is 1.94 bits per heavy atom. The van der Waals surface area contributed by atoms with Crippen LogP contribution in [0.4, 0.5) is 20.3 Å². The summed E-state index contributed by atoms with van der Waals surface area (Å²) in [6.45, 7) is 0.666. The maximum atomic E-state index is 14.8. The molecular formula is C25H23ClF2N4O4. The average molecular weight is 517 g/mol. The number of carbonyl (C=O) groups excluding carboxylic acids is 3. The fourth-order valence-electron chi connectivity index (χ4n) is 4.96. The number of ether oxygens (including phenoxy) is 1. The molecule has 0 bridgehead atoms. The van der Waals surface area contributed by atoms with Crippen LogP contribution in [0.2, 0.25) is 5.02 Å². The van der Waals surface area contributed by atoms with Crippen LogP contribution in [0.5, 0.6) is 0 Å². The van der Waals surface area contributed by atoms with E-state index in [1.54, 1.807) is 4.90 Å². The summed E-state index contributed by atoms with van der Waals surface area (Å²) in [7, 11) is 0. The van der Waals surface area contributed by atoms with E-state index >= 15 is 0 Å². The van der Waals surface area contributed by atoms with Crippen LogP contribution in [0.1, 0.15) is 41.6 Å². The summed E-state index contributed by atoms with van der Waals surface area (Å²) in [4.78, 5) is 45.5. The van der Waals surface area contributed by atoms with E-state index in [0.29, 0.717) is 31.5 Å². The molecule has 2 fully saturated rings. The number of esters is 1.